The summed E-state index contributed by atoms with van der Waals surface area (Å²) in [6.07, 6.45) is 3.11. The molecule has 128 valence electrons. The molecule has 6 nitrogen and oxygen atoms in total. The molecule has 1 aliphatic rings. The molecule has 1 amide bonds. The van der Waals surface area contributed by atoms with Crippen LogP contribution < -0.4 is 10.5 Å². The maximum absolute atomic E-state index is 12.8. The minimum Gasteiger partial charge on any atom is -0.497 e. The van der Waals surface area contributed by atoms with Crippen molar-refractivity contribution in [2.45, 2.75) is 38.8 Å². The standard InChI is InChI=1S/C18H24N4O2/c1-13-10-17(19)22(20-13)12-18(23)21-9-4-3-8-16(21)14-6-5-7-15(11-14)24-2/h5-7,10-11,16H,3-4,8-9,12,19H2,1-2H3/t16-/m0/s1. The van der Waals surface area contributed by atoms with Gasteiger partial charge in [-0.15, -0.1) is 0 Å². The van der Waals surface area contributed by atoms with Crippen molar-refractivity contribution >= 4 is 11.7 Å². The topological polar surface area (TPSA) is 73.4 Å². The van der Waals surface area contributed by atoms with Crippen molar-refractivity contribution in [3.05, 3.63) is 41.6 Å². The van der Waals surface area contributed by atoms with E-state index in [4.69, 9.17) is 10.5 Å². The molecule has 0 aliphatic carbocycles. The van der Waals surface area contributed by atoms with Crippen LogP contribution in [0.25, 0.3) is 0 Å². The van der Waals surface area contributed by atoms with Crippen molar-refractivity contribution in [3.8, 4) is 5.75 Å². The highest BCUT2D eigenvalue weighted by molar-refractivity contribution is 5.77. The first kappa shape index (κ1) is 16.4. The van der Waals surface area contributed by atoms with Gasteiger partial charge in [-0.2, -0.15) is 5.10 Å². The molecular weight excluding hydrogens is 304 g/mol. The summed E-state index contributed by atoms with van der Waals surface area (Å²) >= 11 is 0. The zero-order valence-corrected chi connectivity index (χ0v) is 14.2. The Bertz CT molecular complexity index is 726. The van der Waals surface area contributed by atoms with Crippen molar-refractivity contribution < 1.29 is 9.53 Å². The predicted molar refractivity (Wildman–Crippen MR) is 92.7 cm³/mol. The van der Waals surface area contributed by atoms with Gasteiger partial charge < -0.3 is 15.4 Å². The normalized spacial score (nSPS) is 17.8. The van der Waals surface area contributed by atoms with Gasteiger partial charge in [0.1, 0.15) is 18.1 Å². The first-order valence-corrected chi connectivity index (χ1v) is 8.32. The Hall–Kier alpha value is -2.50. The number of aryl methyl sites for hydroxylation is 1. The van der Waals surface area contributed by atoms with E-state index in [1.165, 1.54) is 0 Å². The first-order valence-electron chi connectivity index (χ1n) is 8.32. The molecule has 0 saturated carbocycles. The summed E-state index contributed by atoms with van der Waals surface area (Å²) in [5, 5.41) is 4.29. The fraction of sp³-hybridized carbons (Fsp3) is 0.444. The molecule has 2 heterocycles. The van der Waals surface area contributed by atoms with Crippen molar-refractivity contribution in [1.82, 2.24) is 14.7 Å². The van der Waals surface area contributed by atoms with E-state index in [0.717, 1.165) is 42.8 Å². The number of nitrogen functional groups attached to an aromatic ring is 1. The zero-order valence-electron chi connectivity index (χ0n) is 14.2. The number of piperidine rings is 1. The van der Waals surface area contributed by atoms with E-state index in [1.807, 2.05) is 30.0 Å². The van der Waals surface area contributed by atoms with E-state index in [0.29, 0.717) is 5.82 Å². The average molecular weight is 328 g/mol. The lowest BCUT2D eigenvalue weighted by Crippen LogP contribution is -2.40. The van der Waals surface area contributed by atoms with Crippen LogP contribution in [-0.4, -0.2) is 34.2 Å². The number of aromatic nitrogens is 2. The van der Waals surface area contributed by atoms with Gasteiger partial charge in [0, 0.05) is 12.6 Å². The Labute approximate surface area is 142 Å². The van der Waals surface area contributed by atoms with E-state index in [9.17, 15) is 4.79 Å². The van der Waals surface area contributed by atoms with Gasteiger partial charge in [0.05, 0.1) is 18.8 Å². The first-order chi connectivity index (χ1) is 11.6. The highest BCUT2D eigenvalue weighted by Crippen LogP contribution is 2.32. The van der Waals surface area contributed by atoms with Crippen LogP contribution in [0.3, 0.4) is 0 Å². The summed E-state index contributed by atoms with van der Waals surface area (Å²) < 4.78 is 6.90. The molecule has 1 aromatic heterocycles. The highest BCUT2D eigenvalue weighted by atomic mass is 16.5. The van der Waals surface area contributed by atoms with Crippen LogP contribution in [0.2, 0.25) is 0 Å². The lowest BCUT2D eigenvalue weighted by Gasteiger charge is -2.36. The van der Waals surface area contributed by atoms with Gasteiger partial charge in [0.25, 0.3) is 0 Å². The summed E-state index contributed by atoms with van der Waals surface area (Å²) in [6.45, 7) is 2.82. The fourth-order valence-electron chi connectivity index (χ4n) is 3.34. The van der Waals surface area contributed by atoms with E-state index in [1.54, 1.807) is 17.9 Å². The largest absolute Gasteiger partial charge is 0.497 e. The van der Waals surface area contributed by atoms with Crippen molar-refractivity contribution in [3.63, 3.8) is 0 Å². The van der Waals surface area contributed by atoms with E-state index in [2.05, 4.69) is 11.2 Å². The minimum atomic E-state index is 0.0531. The molecule has 24 heavy (non-hydrogen) atoms. The molecule has 1 aromatic carbocycles. The second-order valence-corrected chi connectivity index (χ2v) is 6.24. The number of benzene rings is 1. The number of ether oxygens (including phenoxy) is 1. The molecule has 2 N–H and O–H groups in total. The van der Waals surface area contributed by atoms with E-state index < -0.39 is 0 Å². The second kappa shape index (κ2) is 6.95. The van der Waals surface area contributed by atoms with E-state index >= 15 is 0 Å². The molecule has 1 saturated heterocycles. The van der Waals surface area contributed by atoms with Crippen LogP contribution in [0, 0.1) is 6.92 Å². The summed E-state index contributed by atoms with van der Waals surface area (Å²) in [6, 6.07) is 9.84. The molecular formula is C18H24N4O2. The quantitative estimate of drug-likeness (QED) is 0.936. The van der Waals surface area contributed by atoms with Crippen molar-refractivity contribution in [1.29, 1.82) is 0 Å². The molecule has 0 unspecified atom stereocenters. The van der Waals surface area contributed by atoms with Gasteiger partial charge in [-0.25, -0.2) is 4.68 Å². The Morgan fingerprint density at radius 2 is 2.21 bits per heavy atom. The van der Waals surface area contributed by atoms with Crippen LogP contribution in [0.5, 0.6) is 5.75 Å². The number of methoxy groups -OCH3 is 1. The molecule has 1 atom stereocenters. The fourth-order valence-corrected chi connectivity index (χ4v) is 3.34. The van der Waals surface area contributed by atoms with Crippen LogP contribution in [0.1, 0.15) is 36.6 Å². The molecule has 0 radical (unpaired) electrons. The lowest BCUT2D eigenvalue weighted by atomic mass is 9.95. The Balaban J connectivity index is 1.81. The number of carbonyl (C=O) groups is 1. The van der Waals surface area contributed by atoms with Crippen LogP contribution in [-0.2, 0) is 11.3 Å². The van der Waals surface area contributed by atoms with Gasteiger partial charge in [0.2, 0.25) is 5.91 Å². The summed E-state index contributed by atoms with van der Waals surface area (Å²) in [5.41, 5.74) is 7.86. The van der Waals surface area contributed by atoms with Gasteiger partial charge in [0.15, 0.2) is 0 Å². The van der Waals surface area contributed by atoms with Gasteiger partial charge in [-0.3, -0.25) is 4.79 Å². The number of amides is 1. The minimum absolute atomic E-state index is 0.0531. The number of nitrogens with two attached hydrogens (primary N) is 1. The second-order valence-electron chi connectivity index (χ2n) is 6.24. The van der Waals surface area contributed by atoms with Crippen LogP contribution >= 0.6 is 0 Å². The Morgan fingerprint density at radius 3 is 2.92 bits per heavy atom. The third-order valence-corrected chi connectivity index (χ3v) is 4.52. The third-order valence-electron chi connectivity index (χ3n) is 4.52. The van der Waals surface area contributed by atoms with Gasteiger partial charge >= 0.3 is 0 Å². The SMILES string of the molecule is COc1cccc([C@@H]2CCCCN2C(=O)Cn2nc(C)cc2N)c1. The summed E-state index contributed by atoms with van der Waals surface area (Å²) in [7, 11) is 1.66. The Kier molecular flexibility index (Phi) is 4.74. The van der Waals surface area contributed by atoms with Gasteiger partial charge in [-0.05, 0) is 43.9 Å². The zero-order chi connectivity index (χ0) is 17.1. The monoisotopic (exact) mass is 328 g/mol. The summed E-state index contributed by atoms with van der Waals surface area (Å²) in [4.78, 5) is 14.8. The number of hydrogen-bond acceptors (Lipinski definition) is 4. The number of carbonyl (C=O) groups excluding carboxylic acids is 1. The average Bonchev–Trinajstić information content (AvgIpc) is 2.92. The predicted octanol–water partition coefficient (Wildman–Crippen LogP) is 2.54. The maximum atomic E-state index is 12.8. The number of nitrogens with zero attached hydrogens (tertiary/aromatic N) is 3. The lowest BCUT2D eigenvalue weighted by molar-refractivity contribution is -0.135. The van der Waals surface area contributed by atoms with Crippen molar-refractivity contribution in [2.75, 3.05) is 19.4 Å². The molecule has 1 aliphatic heterocycles. The summed E-state index contributed by atoms with van der Waals surface area (Å²) in [5.74, 6) is 1.39. The number of likely N-dealkylation sites (tertiary alicyclic amines) is 1. The molecule has 0 bridgehead atoms. The van der Waals surface area contributed by atoms with Crippen LogP contribution in [0.4, 0.5) is 5.82 Å². The molecule has 2 aromatic rings. The maximum Gasteiger partial charge on any atom is 0.244 e. The smallest absolute Gasteiger partial charge is 0.244 e. The molecule has 3 rings (SSSR count). The van der Waals surface area contributed by atoms with Gasteiger partial charge in [-0.1, -0.05) is 12.1 Å². The molecule has 6 heteroatoms. The van der Waals surface area contributed by atoms with Crippen molar-refractivity contribution in [2.24, 2.45) is 0 Å². The number of rotatable bonds is 4. The number of anilines is 1. The highest BCUT2D eigenvalue weighted by Gasteiger charge is 2.28. The molecule has 0 spiro atoms. The Morgan fingerprint density at radius 1 is 1.38 bits per heavy atom. The third kappa shape index (κ3) is 3.37. The van der Waals surface area contributed by atoms with E-state index in [-0.39, 0.29) is 18.5 Å². The van der Waals surface area contributed by atoms with Crippen LogP contribution in [0.15, 0.2) is 30.3 Å². The molecule has 1 fully saturated rings. The number of hydrogen-bond donors (Lipinski definition) is 1.